The lowest BCUT2D eigenvalue weighted by Gasteiger charge is -2.13. The van der Waals surface area contributed by atoms with E-state index in [4.69, 9.17) is 21.3 Å². The van der Waals surface area contributed by atoms with Crippen LogP contribution in [-0.4, -0.2) is 19.5 Å². The molecule has 0 saturated heterocycles. The van der Waals surface area contributed by atoms with Crippen LogP contribution in [0, 0.1) is 5.82 Å². The predicted octanol–water partition coefficient (Wildman–Crippen LogP) is 6.05. The van der Waals surface area contributed by atoms with E-state index < -0.39 is 17.4 Å². The smallest absolute Gasteiger partial charge is 0.439 e. The highest BCUT2D eigenvalue weighted by atomic mass is 35.5. The zero-order chi connectivity index (χ0) is 26.0. The maximum absolute atomic E-state index is 15.9. The summed E-state index contributed by atoms with van der Waals surface area (Å²) < 4.78 is 42.4. The highest BCUT2D eigenvalue weighted by Crippen LogP contribution is 2.44. The maximum atomic E-state index is 15.9. The number of nitrogens with one attached hydrogen (secondary N) is 1. The lowest BCUT2D eigenvalue weighted by molar-refractivity contribution is 0.305. The topological polar surface area (TPSA) is 85.4 Å². The van der Waals surface area contributed by atoms with E-state index in [1.54, 1.807) is 0 Å². The molecule has 0 bridgehead atoms. The molecule has 2 aromatic carbocycles. The fourth-order valence-electron chi connectivity index (χ4n) is 5.08. The largest absolute Gasteiger partial charge is 0.488 e. The SMILES string of the molecule is O=c1[nH]c(C(F)=C2c3ccc(Cc4c(C5CC5)nc5c(Cl)cccn45)cc3COc3cc(F)ccc32)no1. The Labute approximate surface area is 219 Å². The summed E-state index contributed by atoms with van der Waals surface area (Å²) in [5, 5.41) is 4.10. The third-order valence-corrected chi connectivity index (χ3v) is 7.27. The summed E-state index contributed by atoms with van der Waals surface area (Å²) in [7, 11) is 0. The van der Waals surface area contributed by atoms with Crippen molar-refractivity contribution in [3.05, 3.63) is 116 Å². The normalized spacial score (nSPS) is 16.1. The number of H-pyrrole nitrogens is 1. The Morgan fingerprint density at radius 1 is 1.16 bits per heavy atom. The van der Waals surface area contributed by atoms with Crippen molar-refractivity contribution in [2.75, 3.05) is 0 Å². The van der Waals surface area contributed by atoms with Gasteiger partial charge in [0.05, 0.1) is 16.4 Å². The van der Waals surface area contributed by atoms with Crippen LogP contribution in [0.5, 0.6) is 5.75 Å². The molecule has 0 radical (unpaired) electrons. The van der Waals surface area contributed by atoms with Crippen molar-refractivity contribution in [1.29, 1.82) is 0 Å². The Kier molecular flexibility index (Phi) is 5.23. The summed E-state index contributed by atoms with van der Waals surface area (Å²) >= 11 is 6.44. The van der Waals surface area contributed by atoms with Crippen molar-refractivity contribution in [2.45, 2.75) is 31.8 Å². The van der Waals surface area contributed by atoms with Gasteiger partial charge in [0, 0.05) is 35.7 Å². The molecule has 10 heteroatoms. The number of halogens is 3. The molecule has 2 aliphatic rings. The van der Waals surface area contributed by atoms with Crippen LogP contribution in [0.15, 0.2) is 64.0 Å². The van der Waals surface area contributed by atoms with Gasteiger partial charge in [-0.2, -0.15) is 0 Å². The van der Waals surface area contributed by atoms with Gasteiger partial charge in [-0.05, 0) is 53.8 Å². The molecular formula is C28H19ClF2N4O3. The number of pyridine rings is 1. The summed E-state index contributed by atoms with van der Waals surface area (Å²) in [5.74, 6) is -1.95. The minimum absolute atomic E-state index is 0.0974. The van der Waals surface area contributed by atoms with Gasteiger partial charge in [-0.1, -0.05) is 35.0 Å². The average Bonchev–Trinajstić information content (AvgIpc) is 3.59. The molecule has 190 valence electrons. The lowest BCUT2D eigenvalue weighted by atomic mass is 9.91. The van der Waals surface area contributed by atoms with Crippen LogP contribution in [0.4, 0.5) is 8.78 Å². The second kappa shape index (κ2) is 8.66. The number of ether oxygens (including phenoxy) is 1. The Hall–Kier alpha value is -4.24. The van der Waals surface area contributed by atoms with Gasteiger partial charge in [-0.15, -0.1) is 0 Å². The van der Waals surface area contributed by atoms with E-state index in [0.29, 0.717) is 34.1 Å². The van der Waals surface area contributed by atoms with Gasteiger partial charge in [0.25, 0.3) is 0 Å². The molecule has 4 heterocycles. The molecule has 0 atom stereocenters. The maximum Gasteiger partial charge on any atom is 0.439 e. The number of hydrogen-bond acceptors (Lipinski definition) is 5. The summed E-state index contributed by atoms with van der Waals surface area (Å²) in [6, 6.07) is 13.3. The number of hydrogen-bond donors (Lipinski definition) is 1. The second-order valence-corrected chi connectivity index (χ2v) is 9.90. The number of fused-ring (bicyclic) bond motifs is 3. The van der Waals surface area contributed by atoms with E-state index in [-0.39, 0.29) is 23.8 Å². The number of aromatic amines is 1. The first-order valence-corrected chi connectivity index (χ1v) is 12.5. The Morgan fingerprint density at radius 3 is 2.79 bits per heavy atom. The lowest BCUT2D eigenvalue weighted by Crippen LogP contribution is -2.02. The Bertz CT molecular complexity index is 1830. The van der Waals surface area contributed by atoms with Gasteiger partial charge in [-0.3, -0.25) is 9.51 Å². The van der Waals surface area contributed by atoms with Gasteiger partial charge >= 0.3 is 5.76 Å². The number of aromatic nitrogens is 4. The summed E-state index contributed by atoms with van der Waals surface area (Å²) in [6.45, 7) is 0.0974. The summed E-state index contributed by atoms with van der Waals surface area (Å²) in [6.07, 6.45) is 4.74. The third kappa shape index (κ3) is 3.81. The molecule has 7 nitrogen and oxygen atoms in total. The molecule has 0 unspecified atom stereocenters. The average molecular weight is 533 g/mol. The summed E-state index contributed by atoms with van der Waals surface area (Å²) in [4.78, 5) is 18.6. The molecule has 5 aromatic rings. The molecule has 3 aromatic heterocycles. The molecule has 1 aliphatic carbocycles. The molecule has 1 N–H and O–H groups in total. The van der Waals surface area contributed by atoms with Crippen molar-refractivity contribution in [3.8, 4) is 5.75 Å². The Morgan fingerprint density at radius 2 is 2.00 bits per heavy atom. The van der Waals surface area contributed by atoms with E-state index in [1.165, 1.54) is 18.2 Å². The summed E-state index contributed by atoms with van der Waals surface area (Å²) in [5.41, 5.74) is 5.54. The highest BCUT2D eigenvalue weighted by Gasteiger charge is 2.31. The van der Waals surface area contributed by atoms with Gasteiger partial charge < -0.3 is 9.14 Å². The van der Waals surface area contributed by atoms with Gasteiger partial charge in [0.1, 0.15) is 18.2 Å². The van der Waals surface area contributed by atoms with Crippen molar-refractivity contribution >= 4 is 28.6 Å². The first-order chi connectivity index (χ1) is 18.5. The zero-order valence-corrected chi connectivity index (χ0v) is 20.6. The Balaban J connectivity index is 1.36. The number of rotatable bonds is 4. The predicted molar refractivity (Wildman–Crippen MR) is 136 cm³/mol. The van der Waals surface area contributed by atoms with E-state index >= 15 is 4.39 Å². The molecule has 0 amide bonds. The van der Waals surface area contributed by atoms with Crippen molar-refractivity contribution < 1.29 is 18.0 Å². The van der Waals surface area contributed by atoms with E-state index in [1.807, 2.05) is 40.9 Å². The number of benzene rings is 2. The minimum atomic E-state index is -0.880. The van der Waals surface area contributed by atoms with Crippen LogP contribution in [0.25, 0.3) is 17.0 Å². The van der Waals surface area contributed by atoms with E-state index in [0.717, 1.165) is 35.4 Å². The fraction of sp³-hybridized carbons (Fsp3) is 0.179. The molecule has 1 aliphatic heterocycles. The minimum Gasteiger partial charge on any atom is -0.488 e. The van der Waals surface area contributed by atoms with Gasteiger partial charge in [-0.25, -0.2) is 18.6 Å². The number of imidazole rings is 1. The van der Waals surface area contributed by atoms with Crippen LogP contribution in [0.3, 0.4) is 0 Å². The van der Waals surface area contributed by atoms with Gasteiger partial charge in [0.2, 0.25) is 5.82 Å². The molecule has 38 heavy (non-hydrogen) atoms. The quantitative estimate of drug-likeness (QED) is 0.304. The third-order valence-electron chi connectivity index (χ3n) is 6.97. The zero-order valence-electron chi connectivity index (χ0n) is 19.8. The van der Waals surface area contributed by atoms with Gasteiger partial charge in [0.15, 0.2) is 11.5 Å². The molecule has 0 spiro atoms. The first kappa shape index (κ1) is 22.9. The van der Waals surface area contributed by atoms with Crippen molar-refractivity contribution in [1.82, 2.24) is 19.5 Å². The van der Waals surface area contributed by atoms with Crippen molar-refractivity contribution in [3.63, 3.8) is 0 Å². The molecular weight excluding hydrogens is 514 g/mol. The van der Waals surface area contributed by atoms with Crippen LogP contribution in [0.1, 0.15) is 58.2 Å². The second-order valence-electron chi connectivity index (χ2n) is 9.50. The van der Waals surface area contributed by atoms with Crippen LogP contribution < -0.4 is 10.5 Å². The monoisotopic (exact) mass is 532 g/mol. The van der Waals surface area contributed by atoms with Crippen LogP contribution >= 0.6 is 11.6 Å². The molecule has 1 fully saturated rings. The standard InChI is InChI=1S/C28H19ClF2N4O3/c29-20-2-1-9-35-21(25(15-4-5-15)32-27(20)35)11-14-3-7-18-16(10-14)13-37-22-12-17(30)6-8-19(22)23(18)24(31)26-33-28(36)38-34-26/h1-3,6-10,12,15H,4-5,11,13H2,(H,33,34,36). The van der Waals surface area contributed by atoms with E-state index in [2.05, 4.69) is 14.7 Å². The molecule has 1 saturated carbocycles. The first-order valence-electron chi connectivity index (χ1n) is 12.1. The van der Waals surface area contributed by atoms with Crippen LogP contribution in [-0.2, 0) is 13.0 Å². The van der Waals surface area contributed by atoms with Crippen LogP contribution in [0.2, 0.25) is 5.02 Å². The fourth-order valence-corrected chi connectivity index (χ4v) is 5.28. The number of nitrogens with zero attached hydrogens (tertiary/aromatic N) is 3. The highest BCUT2D eigenvalue weighted by molar-refractivity contribution is 6.33. The van der Waals surface area contributed by atoms with Crippen molar-refractivity contribution in [2.24, 2.45) is 0 Å². The van der Waals surface area contributed by atoms with E-state index in [9.17, 15) is 9.18 Å². The molecule has 7 rings (SSSR count).